The van der Waals surface area contributed by atoms with Crippen LogP contribution in [0.3, 0.4) is 0 Å². The van der Waals surface area contributed by atoms with Crippen LogP contribution in [0.2, 0.25) is 0 Å². The van der Waals surface area contributed by atoms with Crippen molar-refractivity contribution >= 4 is 40.4 Å². The third kappa shape index (κ3) is 5.10. The lowest BCUT2D eigenvalue weighted by Gasteiger charge is -2.13. The summed E-state index contributed by atoms with van der Waals surface area (Å²) in [4.78, 5) is 22.1. The van der Waals surface area contributed by atoms with E-state index in [-0.39, 0.29) is 18.4 Å². The maximum absolute atomic E-state index is 11.7. The largest absolute Gasteiger partial charge is 0.480 e. The molecule has 0 radical (unpaired) electrons. The molecular formula is C12H14BrNO3S. The predicted octanol–water partition coefficient (Wildman–Crippen LogP) is 1.74. The van der Waals surface area contributed by atoms with Gasteiger partial charge in [-0.3, -0.25) is 9.59 Å². The third-order valence-electron chi connectivity index (χ3n) is 2.40. The first-order chi connectivity index (χ1) is 8.52. The number of aliphatic carboxylic acids is 1. The van der Waals surface area contributed by atoms with E-state index in [1.165, 1.54) is 0 Å². The van der Waals surface area contributed by atoms with Crippen molar-refractivity contribution in [3.63, 3.8) is 0 Å². The van der Waals surface area contributed by atoms with Crippen molar-refractivity contribution in [2.75, 3.05) is 12.3 Å². The van der Waals surface area contributed by atoms with Gasteiger partial charge in [-0.05, 0) is 24.1 Å². The first-order valence-corrected chi connectivity index (χ1v) is 6.80. The molecule has 1 aromatic carbocycles. The molecule has 0 spiro atoms. The van der Waals surface area contributed by atoms with Crippen molar-refractivity contribution in [1.29, 1.82) is 0 Å². The molecule has 0 fully saturated rings. The van der Waals surface area contributed by atoms with Crippen LogP contribution in [0.4, 0.5) is 0 Å². The van der Waals surface area contributed by atoms with Crippen LogP contribution >= 0.6 is 28.6 Å². The lowest BCUT2D eigenvalue weighted by molar-refractivity contribution is -0.138. The Balaban J connectivity index is 2.58. The minimum Gasteiger partial charge on any atom is -0.480 e. The van der Waals surface area contributed by atoms with Gasteiger partial charge in [-0.25, -0.2) is 0 Å². The SMILES string of the molecule is O=C(O)CNC(=O)C(CS)Cc1ccc(Br)cc1. The first kappa shape index (κ1) is 15.0. The third-order valence-corrected chi connectivity index (χ3v) is 3.37. The molecule has 1 aromatic rings. The molecule has 18 heavy (non-hydrogen) atoms. The van der Waals surface area contributed by atoms with Gasteiger partial charge in [0.15, 0.2) is 0 Å². The quantitative estimate of drug-likeness (QED) is 0.695. The maximum Gasteiger partial charge on any atom is 0.322 e. The Bertz CT molecular complexity index is 422. The van der Waals surface area contributed by atoms with Crippen LogP contribution < -0.4 is 5.32 Å². The van der Waals surface area contributed by atoms with E-state index in [1.54, 1.807) is 0 Å². The number of carboxylic acid groups (broad SMARTS) is 1. The van der Waals surface area contributed by atoms with E-state index in [1.807, 2.05) is 24.3 Å². The fourth-order valence-electron chi connectivity index (χ4n) is 1.45. The number of carbonyl (C=O) groups excluding carboxylic acids is 1. The molecule has 1 unspecified atom stereocenters. The van der Waals surface area contributed by atoms with Crippen LogP contribution in [-0.2, 0) is 16.0 Å². The van der Waals surface area contributed by atoms with Gasteiger partial charge in [-0.15, -0.1) is 0 Å². The molecule has 4 nitrogen and oxygen atoms in total. The van der Waals surface area contributed by atoms with Crippen LogP contribution in [0, 0.1) is 5.92 Å². The highest BCUT2D eigenvalue weighted by atomic mass is 79.9. The average Bonchev–Trinajstić information content (AvgIpc) is 2.35. The number of halogens is 1. The lowest BCUT2D eigenvalue weighted by Crippen LogP contribution is -2.36. The van der Waals surface area contributed by atoms with Crippen molar-refractivity contribution in [2.45, 2.75) is 6.42 Å². The zero-order chi connectivity index (χ0) is 13.5. The molecule has 0 aliphatic carbocycles. The van der Waals surface area contributed by atoms with Gasteiger partial charge in [-0.2, -0.15) is 12.6 Å². The topological polar surface area (TPSA) is 66.4 Å². The van der Waals surface area contributed by atoms with Gasteiger partial charge in [-0.1, -0.05) is 28.1 Å². The normalized spacial score (nSPS) is 11.9. The van der Waals surface area contributed by atoms with Crippen LogP contribution in [0.1, 0.15) is 5.56 Å². The number of amides is 1. The summed E-state index contributed by atoms with van der Waals surface area (Å²) in [5, 5.41) is 10.9. The molecule has 0 aliphatic rings. The predicted molar refractivity (Wildman–Crippen MR) is 75.8 cm³/mol. The summed E-state index contributed by atoms with van der Waals surface area (Å²) in [6, 6.07) is 7.65. The smallest absolute Gasteiger partial charge is 0.322 e. The summed E-state index contributed by atoms with van der Waals surface area (Å²) in [6.07, 6.45) is 0.544. The Kier molecular flexibility index (Phi) is 6.21. The Morgan fingerprint density at radius 1 is 1.33 bits per heavy atom. The molecule has 0 bridgehead atoms. The van der Waals surface area contributed by atoms with E-state index >= 15 is 0 Å². The highest BCUT2D eigenvalue weighted by Crippen LogP contribution is 2.15. The summed E-state index contributed by atoms with van der Waals surface area (Å²) < 4.78 is 0.976. The van der Waals surface area contributed by atoms with Crippen LogP contribution in [0.5, 0.6) is 0 Å². The summed E-state index contributed by atoms with van der Waals surface area (Å²) in [6.45, 7) is -0.358. The molecule has 0 aromatic heterocycles. The molecule has 0 heterocycles. The summed E-state index contributed by atoms with van der Waals surface area (Å²) in [5.74, 6) is -1.28. The summed E-state index contributed by atoms with van der Waals surface area (Å²) >= 11 is 7.47. The Hall–Kier alpha value is -1.01. The van der Waals surface area contributed by atoms with Gasteiger partial charge >= 0.3 is 5.97 Å². The second-order valence-electron chi connectivity index (χ2n) is 3.82. The van der Waals surface area contributed by atoms with Gasteiger partial charge < -0.3 is 10.4 Å². The minimum absolute atomic E-state index is 0.282. The van der Waals surface area contributed by atoms with Crippen molar-refractivity contribution < 1.29 is 14.7 Å². The van der Waals surface area contributed by atoms with E-state index in [9.17, 15) is 9.59 Å². The number of rotatable bonds is 6. The van der Waals surface area contributed by atoms with E-state index in [0.717, 1.165) is 10.0 Å². The highest BCUT2D eigenvalue weighted by molar-refractivity contribution is 9.10. The van der Waals surface area contributed by atoms with Crippen LogP contribution in [0.25, 0.3) is 0 Å². The van der Waals surface area contributed by atoms with E-state index in [4.69, 9.17) is 5.11 Å². The van der Waals surface area contributed by atoms with Gasteiger partial charge in [0.1, 0.15) is 6.54 Å². The molecule has 0 saturated heterocycles. The summed E-state index contributed by atoms with van der Waals surface area (Å²) in [7, 11) is 0. The molecule has 2 N–H and O–H groups in total. The number of thiol groups is 1. The number of carboxylic acids is 1. The second kappa shape index (κ2) is 7.43. The number of benzene rings is 1. The van der Waals surface area contributed by atoms with Gasteiger partial charge in [0, 0.05) is 10.2 Å². The Labute approximate surface area is 119 Å². The van der Waals surface area contributed by atoms with Crippen LogP contribution in [0.15, 0.2) is 28.7 Å². The Morgan fingerprint density at radius 2 is 1.94 bits per heavy atom. The molecule has 6 heteroatoms. The first-order valence-electron chi connectivity index (χ1n) is 5.37. The fourth-order valence-corrected chi connectivity index (χ4v) is 2.01. The zero-order valence-corrected chi connectivity index (χ0v) is 12.1. The number of nitrogens with one attached hydrogen (secondary N) is 1. The van der Waals surface area contributed by atoms with Gasteiger partial charge in [0.05, 0.1) is 5.92 Å². The molecule has 1 rings (SSSR count). The molecular weight excluding hydrogens is 318 g/mol. The van der Waals surface area contributed by atoms with E-state index in [2.05, 4.69) is 33.9 Å². The molecule has 0 aliphatic heterocycles. The second-order valence-corrected chi connectivity index (χ2v) is 5.10. The molecule has 1 amide bonds. The number of hydrogen-bond donors (Lipinski definition) is 3. The van der Waals surface area contributed by atoms with Crippen LogP contribution in [-0.4, -0.2) is 29.3 Å². The molecule has 0 saturated carbocycles. The number of carbonyl (C=O) groups is 2. The Morgan fingerprint density at radius 3 is 2.44 bits per heavy atom. The number of hydrogen-bond acceptors (Lipinski definition) is 3. The monoisotopic (exact) mass is 331 g/mol. The van der Waals surface area contributed by atoms with E-state index < -0.39 is 5.97 Å². The maximum atomic E-state index is 11.7. The summed E-state index contributed by atoms with van der Waals surface area (Å²) in [5.41, 5.74) is 1.02. The minimum atomic E-state index is -1.05. The average molecular weight is 332 g/mol. The van der Waals surface area contributed by atoms with Crippen molar-refractivity contribution in [3.8, 4) is 0 Å². The molecule has 98 valence electrons. The standard InChI is InChI=1S/C12H14BrNO3S/c13-10-3-1-8(2-4-10)5-9(7-18)12(17)14-6-11(15)16/h1-4,9,18H,5-7H2,(H,14,17)(H,15,16). The highest BCUT2D eigenvalue weighted by Gasteiger charge is 2.17. The zero-order valence-electron chi connectivity index (χ0n) is 9.60. The van der Waals surface area contributed by atoms with Crippen molar-refractivity contribution in [1.82, 2.24) is 5.32 Å². The van der Waals surface area contributed by atoms with Gasteiger partial charge in [0.25, 0.3) is 0 Å². The van der Waals surface area contributed by atoms with Crippen molar-refractivity contribution in [2.24, 2.45) is 5.92 Å². The van der Waals surface area contributed by atoms with E-state index in [0.29, 0.717) is 12.2 Å². The van der Waals surface area contributed by atoms with Gasteiger partial charge in [0.2, 0.25) is 5.91 Å². The lowest BCUT2D eigenvalue weighted by atomic mass is 10.0. The molecule has 1 atom stereocenters. The fraction of sp³-hybridized carbons (Fsp3) is 0.333. The van der Waals surface area contributed by atoms with Crippen molar-refractivity contribution in [3.05, 3.63) is 34.3 Å².